The average molecular weight is 481 g/mol. The highest BCUT2D eigenvalue weighted by molar-refractivity contribution is 7.48. The van der Waals surface area contributed by atoms with Crippen molar-refractivity contribution in [1.29, 1.82) is 0 Å². The molecule has 33 heavy (non-hydrogen) atoms. The lowest BCUT2D eigenvalue weighted by atomic mass is 10.1. The van der Waals surface area contributed by atoms with Gasteiger partial charge in [-0.05, 0) is 31.5 Å². The lowest BCUT2D eigenvalue weighted by molar-refractivity contribution is -0.0731. The van der Waals surface area contributed by atoms with Crippen molar-refractivity contribution in [3.05, 3.63) is 58.1 Å². The van der Waals surface area contributed by atoms with E-state index < -0.39 is 44.0 Å². The molecule has 0 amide bonds. The lowest BCUT2D eigenvalue weighted by Gasteiger charge is -2.30. The Labute approximate surface area is 188 Å². The van der Waals surface area contributed by atoms with E-state index in [-0.39, 0.29) is 30.7 Å². The number of anilines is 1. The van der Waals surface area contributed by atoms with E-state index in [0.29, 0.717) is 5.56 Å². The molecule has 178 valence electrons. The third kappa shape index (κ3) is 5.01. The molecule has 1 unspecified atom stereocenters. The van der Waals surface area contributed by atoms with Gasteiger partial charge in [0.1, 0.15) is 24.1 Å². The molecule has 2 aliphatic heterocycles. The Morgan fingerprint density at radius 1 is 1.36 bits per heavy atom. The summed E-state index contributed by atoms with van der Waals surface area (Å²) in [6.45, 7) is 2.99. The number of hydrogen-bond donors (Lipinski definition) is 2. The Morgan fingerprint density at radius 3 is 2.85 bits per heavy atom. The molecule has 3 heterocycles. The summed E-state index contributed by atoms with van der Waals surface area (Å²) in [5, 5.41) is 10.7. The van der Waals surface area contributed by atoms with Crippen LogP contribution in [0, 0.1) is 0 Å². The number of ether oxygens (including phenoxy) is 2. The Hall–Kier alpha value is -2.60. The Balaban J connectivity index is 1.46. The van der Waals surface area contributed by atoms with Crippen molar-refractivity contribution in [2.45, 2.75) is 51.1 Å². The van der Waals surface area contributed by atoms with E-state index in [9.17, 15) is 19.3 Å². The van der Waals surface area contributed by atoms with E-state index in [1.54, 1.807) is 38.1 Å². The molecule has 0 saturated carbocycles. The number of hydrogen-bond acceptors (Lipinski definition) is 11. The monoisotopic (exact) mass is 481 g/mol. The number of carbonyl (C=O) groups is 1. The largest absolute Gasteiger partial charge is 0.475 e. The van der Waals surface area contributed by atoms with Crippen molar-refractivity contribution in [2.24, 2.45) is 0 Å². The molecule has 2 aliphatic rings. The van der Waals surface area contributed by atoms with Crippen molar-refractivity contribution in [1.82, 2.24) is 9.55 Å². The smallest absolute Gasteiger partial charge is 0.459 e. The maximum absolute atomic E-state index is 13.1. The van der Waals surface area contributed by atoms with Crippen LogP contribution in [0.1, 0.15) is 36.0 Å². The van der Waals surface area contributed by atoms with E-state index >= 15 is 0 Å². The first-order valence-corrected chi connectivity index (χ1v) is 11.7. The van der Waals surface area contributed by atoms with Crippen LogP contribution in [0.15, 0.2) is 41.3 Å². The van der Waals surface area contributed by atoms with E-state index in [1.807, 2.05) is 0 Å². The van der Waals surface area contributed by atoms with Crippen molar-refractivity contribution < 1.29 is 37.5 Å². The van der Waals surface area contributed by atoms with Crippen molar-refractivity contribution in [3.8, 4) is 0 Å². The second-order valence-corrected chi connectivity index (χ2v) is 9.42. The summed E-state index contributed by atoms with van der Waals surface area (Å²) in [7, 11) is -4.12. The van der Waals surface area contributed by atoms with E-state index in [0.717, 1.165) is 4.57 Å². The first-order chi connectivity index (χ1) is 15.7. The Bertz CT molecular complexity index is 1140. The van der Waals surface area contributed by atoms with Gasteiger partial charge in [0.15, 0.2) is 6.23 Å². The lowest BCUT2D eigenvalue weighted by Crippen LogP contribution is -2.40. The number of phosphoric ester groups is 1. The number of rotatable bonds is 6. The normalized spacial score (nSPS) is 29.1. The predicted molar refractivity (Wildman–Crippen MR) is 113 cm³/mol. The quantitative estimate of drug-likeness (QED) is 0.453. The number of fused-ring (bicyclic) bond motifs is 1. The molecule has 5 atom stereocenters. The van der Waals surface area contributed by atoms with E-state index in [2.05, 4.69) is 4.98 Å². The molecular formula is C20H24N3O9P. The number of nitrogen functional groups attached to an aromatic ring is 1. The van der Waals surface area contributed by atoms with Gasteiger partial charge in [-0.3, -0.25) is 18.1 Å². The van der Waals surface area contributed by atoms with Gasteiger partial charge in [-0.2, -0.15) is 4.98 Å². The number of nitrogens with two attached hydrogens (primary N) is 1. The first-order valence-electron chi connectivity index (χ1n) is 10.2. The molecule has 0 radical (unpaired) electrons. The summed E-state index contributed by atoms with van der Waals surface area (Å²) in [5.74, 6) is -0.519. The van der Waals surface area contributed by atoms with Crippen molar-refractivity contribution in [2.75, 3.05) is 12.3 Å². The molecule has 2 aromatic rings. The molecule has 0 aliphatic carbocycles. The van der Waals surface area contributed by atoms with Crippen LogP contribution >= 0.6 is 7.82 Å². The van der Waals surface area contributed by atoms with Gasteiger partial charge >= 0.3 is 19.5 Å². The van der Waals surface area contributed by atoms with Gasteiger partial charge in [-0.1, -0.05) is 18.2 Å². The van der Waals surface area contributed by atoms with Gasteiger partial charge in [-0.25, -0.2) is 14.2 Å². The first kappa shape index (κ1) is 23.6. The van der Waals surface area contributed by atoms with Crippen LogP contribution in [0.4, 0.5) is 5.82 Å². The molecule has 0 spiro atoms. The van der Waals surface area contributed by atoms with Crippen LogP contribution in [0.2, 0.25) is 0 Å². The molecule has 3 N–H and O–H groups in total. The number of aliphatic hydroxyl groups excluding tert-OH is 1. The highest BCUT2D eigenvalue weighted by Gasteiger charge is 2.53. The van der Waals surface area contributed by atoms with Crippen LogP contribution in [-0.4, -0.2) is 51.6 Å². The molecule has 12 nitrogen and oxygen atoms in total. The van der Waals surface area contributed by atoms with Crippen LogP contribution < -0.4 is 11.4 Å². The van der Waals surface area contributed by atoms with Crippen LogP contribution in [0.3, 0.4) is 0 Å². The molecule has 1 aromatic carbocycles. The maximum atomic E-state index is 13.1. The zero-order valence-corrected chi connectivity index (χ0v) is 18.8. The number of aromatic nitrogens is 2. The highest BCUT2D eigenvalue weighted by atomic mass is 31.2. The number of benzene rings is 1. The van der Waals surface area contributed by atoms with Gasteiger partial charge < -0.3 is 20.3 Å². The van der Waals surface area contributed by atoms with Gasteiger partial charge in [-0.15, -0.1) is 0 Å². The summed E-state index contributed by atoms with van der Waals surface area (Å²) in [6, 6.07) is 7.93. The molecule has 4 rings (SSSR count). The van der Waals surface area contributed by atoms with Crippen molar-refractivity contribution in [3.63, 3.8) is 0 Å². The number of nitrogens with zero attached hydrogens (tertiary/aromatic N) is 2. The third-order valence-electron chi connectivity index (χ3n) is 5.04. The second kappa shape index (κ2) is 9.34. The maximum Gasteiger partial charge on any atom is 0.475 e. The van der Waals surface area contributed by atoms with Crippen LogP contribution in [0.25, 0.3) is 0 Å². The summed E-state index contributed by atoms with van der Waals surface area (Å²) < 4.78 is 41.2. The van der Waals surface area contributed by atoms with Gasteiger partial charge in [0.2, 0.25) is 0 Å². The fraction of sp³-hybridized carbons (Fsp3) is 0.450. The molecule has 2 saturated heterocycles. The SMILES string of the molecule is CC(C)OC(=O)c1ccccc1COP1(=O)OC[C@H]2O[C@@H](n3ccc(N)nc3=O)[C@@H](O)[C@@H]2O1. The Morgan fingerprint density at radius 2 is 2.12 bits per heavy atom. The fourth-order valence-electron chi connectivity index (χ4n) is 3.52. The topological polar surface area (TPSA) is 161 Å². The summed E-state index contributed by atoms with van der Waals surface area (Å²) in [4.78, 5) is 28.0. The minimum atomic E-state index is -4.12. The van der Waals surface area contributed by atoms with Crippen LogP contribution in [-0.2, 0) is 34.2 Å². The van der Waals surface area contributed by atoms with Gasteiger partial charge in [0.25, 0.3) is 0 Å². The standard InChI is InChI=1S/C20H24N3O9P/c1-11(2)30-19(25)13-6-4-3-5-12(13)9-28-33(27)29-10-14-17(32-33)16(24)18(31-14)23-8-7-15(21)22-20(23)26/h3-8,11,14,16-18,24H,9-10H2,1-2H3,(H2,21,22,26)/t14-,16+,17-,18-,33?/m1/s1. The predicted octanol–water partition coefficient (Wildman–Crippen LogP) is 1.39. The van der Waals surface area contributed by atoms with E-state index in [1.165, 1.54) is 12.3 Å². The zero-order chi connectivity index (χ0) is 23.8. The third-order valence-corrected chi connectivity index (χ3v) is 6.45. The van der Waals surface area contributed by atoms with Crippen molar-refractivity contribution >= 4 is 19.6 Å². The summed E-state index contributed by atoms with van der Waals surface area (Å²) in [5.41, 5.74) is 5.45. The molecule has 1 aromatic heterocycles. The van der Waals surface area contributed by atoms with Crippen LogP contribution in [0.5, 0.6) is 0 Å². The average Bonchev–Trinajstić information content (AvgIpc) is 3.07. The molecule has 13 heteroatoms. The molecule has 2 fully saturated rings. The molecular weight excluding hydrogens is 457 g/mol. The minimum absolute atomic E-state index is 0.0243. The second-order valence-electron chi connectivity index (χ2n) is 7.80. The number of esters is 1. The fourth-order valence-corrected chi connectivity index (χ4v) is 4.90. The highest BCUT2D eigenvalue weighted by Crippen LogP contribution is 2.57. The summed E-state index contributed by atoms with van der Waals surface area (Å²) in [6.07, 6.45) is -3.35. The number of aliphatic hydroxyl groups is 1. The van der Waals surface area contributed by atoms with E-state index in [4.69, 9.17) is 28.8 Å². The number of carbonyl (C=O) groups excluding carboxylic acids is 1. The van der Waals surface area contributed by atoms with Gasteiger partial charge in [0.05, 0.1) is 24.9 Å². The van der Waals surface area contributed by atoms with Gasteiger partial charge in [0, 0.05) is 6.20 Å². The summed E-state index contributed by atoms with van der Waals surface area (Å²) >= 11 is 0. The minimum Gasteiger partial charge on any atom is -0.459 e. The Kier molecular flexibility index (Phi) is 6.66. The zero-order valence-electron chi connectivity index (χ0n) is 17.9. The number of phosphoric acid groups is 1. The molecule has 0 bridgehead atoms.